The predicted octanol–water partition coefficient (Wildman–Crippen LogP) is 1.28. The first kappa shape index (κ1) is 15.9. The van der Waals surface area contributed by atoms with Crippen LogP contribution in [-0.4, -0.2) is 44.4 Å². The highest BCUT2D eigenvalue weighted by Gasteiger charge is 2.26. The van der Waals surface area contributed by atoms with Gasteiger partial charge in [-0.25, -0.2) is 4.68 Å². The predicted molar refractivity (Wildman–Crippen MR) is 89.5 cm³/mol. The van der Waals surface area contributed by atoms with Crippen LogP contribution < -0.4 is 5.73 Å². The second kappa shape index (κ2) is 7.12. The van der Waals surface area contributed by atoms with Gasteiger partial charge in [0.25, 0.3) is 0 Å². The molecule has 8 nitrogen and oxygen atoms in total. The van der Waals surface area contributed by atoms with Crippen molar-refractivity contribution in [2.45, 2.75) is 25.5 Å². The monoisotopic (exact) mass is 340 g/mol. The van der Waals surface area contributed by atoms with E-state index in [2.05, 4.69) is 20.5 Å². The average molecular weight is 340 g/mol. The number of nitrogens with two attached hydrogens (primary N) is 1. The molecule has 0 radical (unpaired) electrons. The second-order valence-corrected chi connectivity index (χ2v) is 6.30. The third-order valence-electron chi connectivity index (χ3n) is 4.31. The largest absolute Gasteiger partial charge is 0.377 e. The molecule has 0 saturated carbocycles. The Morgan fingerprint density at radius 3 is 2.92 bits per heavy atom. The first-order chi connectivity index (χ1) is 12.3. The van der Waals surface area contributed by atoms with Crippen LogP contribution in [0.15, 0.2) is 41.1 Å². The van der Waals surface area contributed by atoms with E-state index in [1.807, 2.05) is 36.5 Å². The third kappa shape index (κ3) is 3.75. The molecule has 2 N–H and O–H groups in total. The zero-order valence-corrected chi connectivity index (χ0v) is 13.8. The van der Waals surface area contributed by atoms with Gasteiger partial charge in [0, 0.05) is 13.0 Å². The van der Waals surface area contributed by atoms with E-state index in [0.29, 0.717) is 49.4 Å². The number of nitrogens with zero attached hydrogens (tertiary/aromatic N) is 5. The number of hydrogen-bond acceptors (Lipinski definition) is 7. The van der Waals surface area contributed by atoms with Gasteiger partial charge in [-0.05, 0) is 17.9 Å². The van der Waals surface area contributed by atoms with Crippen LogP contribution in [0.25, 0.3) is 11.5 Å². The smallest absolute Gasteiger partial charge is 0.227 e. The van der Waals surface area contributed by atoms with Gasteiger partial charge < -0.3 is 15.0 Å². The van der Waals surface area contributed by atoms with Gasteiger partial charge in [0.15, 0.2) is 5.69 Å². The quantitative estimate of drug-likeness (QED) is 0.720. The molecule has 4 rings (SSSR count). The highest BCUT2D eigenvalue weighted by molar-refractivity contribution is 5.45. The van der Waals surface area contributed by atoms with Crippen molar-refractivity contribution in [3.8, 4) is 11.5 Å². The summed E-state index contributed by atoms with van der Waals surface area (Å²) in [5, 5.41) is 12.3. The minimum atomic E-state index is 0.144. The Morgan fingerprint density at radius 1 is 1.24 bits per heavy atom. The fourth-order valence-electron chi connectivity index (χ4n) is 3.02. The Bertz CT molecular complexity index is 815. The molecule has 2 atom stereocenters. The molecule has 3 heterocycles. The van der Waals surface area contributed by atoms with Crippen molar-refractivity contribution in [2.75, 3.05) is 13.2 Å². The normalized spacial score (nSPS) is 20.2. The summed E-state index contributed by atoms with van der Waals surface area (Å²) in [5.74, 6) is 1.43. The zero-order valence-electron chi connectivity index (χ0n) is 13.8. The molecule has 1 aromatic carbocycles. The fraction of sp³-hybridized carbons (Fsp3) is 0.412. The molecular weight excluding hydrogens is 320 g/mol. The first-order valence-electron chi connectivity index (χ1n) is 8.39. The Hall–Kier alpha value is -2.58. The number of benzene rings is 1. The molecule has 1 aliphatic heterocycles. The van der Waals surface area contributed by atoms with Crippen molar-refractivity contribution in [3.05, 3.63) is 48.0 Å². The molecule has 2 unspecified atom stereocenters. The average Bonchev–Trinajstić information content (AvgIpc) is 3.37. The second-order valence-electron chi connectivity index (χ2n) is 6.30. The van der Waals surface area contributed by atoms with E-state index < -0.39 is 0 Å². The van der Waals surface area contributed by atoms with Crippen LogP contribution in [0.4, 0.5) is 0 Å². The molecule has 0 spiro atoms. The minimum Gasteiger partial charge on any atom is -0.377 e. The Kier molecular flexibility index (Phi) is 4.53. The van der Waals surface area contributed by atoms with Gasteiger partial charge in [0.1, 0.15) is 0 Å². The Morgan fingerprint density at radius 2 is 2.12 bits per heavy atom. The van der Waals surface area contributed by atoms with Gasteiger partial charge in [-0.15, -0.1) is 5.10 Å². The lowest BCUT2D eigenvalue weighted by atomic mass is 10.0. The third-order valence-corrected chi connectivity index (χ3v) is 4.31. The van der Waals surface area contributed by atoms with Crippen LogP contribution in [0.5, 0.6) is 0 Å². The zero-order chi connectivity index (χ0) is 17.1. The van der Waals surface area contributed by atoms with Crippen LogP contribution >= 0.6 is 0 Å². The van der Waals surface area contributed by atoms with E-state index in [1.54, 1.807) is 4.68 Å². The number of hydrogen-bond donors (Lipinski definition) is 1. The lowest BCUT2D eigenvalue weighted by Crippen LogP contribution is -2.18. The summed E-state index contributed by atoms with van der Waals surface area (Å²) in [6, 6.07) is 10.1. The van der Waals surface area contributed by atoms with E-state index in [0.717, 1.165) is 12.0 Å². The molecule has 1 fully saturated rings. The van der Waals surface area contributed by atoms with E-state index in [1.165, 1.54) is 0 Å². The molecule has 3 aromatic rings. The van der Waals surface area contributed by atoms with Crippen molar-refractivity contribution in [1.82, 2.24) is 25.1 Å². The van der Waals surface area contributed by atoms with Gasteiger partial charge in [-0.2, -0.15) is 4.98 Å². The molecular formula is C17H20N6O2. The maximum atomic E-state index is 5.63. The highest BCUT2D eigenvalue weighted by atomic mass is 16.5. The molecule has 0 aliphatic carbocycles. The van der Waals surface area contributed by atoms with E-state index in [4.69, 9.17) is 15.0 Å². The van der Waals surface area contributed by atoms with Crippen LogP contribution in [0.3, 0.4) is 0 Å². The molecule has 0 amide bonds. The van der Waals surface area contributed by atoms with Crippen molar-refractivity contribution in [3.63, 3.8) is 0 Å². The van der Waals surface area contributed by atoms with Crippen molar-refractivity contribution in [2.24, 2.45) is 11.7 Å². The van der Waals surface area contributed by atoms with Crippen molar-refractivity contribution < 1.29 is 9.26 Å². The summed E-state index contributed by atoms with van der Waals surface area (Å²) in [4.78, 5) is 4.43. The summed E-state index contributed by atoms with van der Waals surface area (Å²) >= 11 is 0. The summed E-state index contributed by atoms with van der Waals surface area (Å²) in [5.41, 5.74) is 7.39. The molecule has 1 saturated heterocycles. The summed E-state index contributed by atoms with van der Waals surface area (Å²) in [7, 11) is 0. The number of ether oxygens (including phenoxy) is 1. The van der Waals surface area contributed by atoms with Crippen LogP contribution in [0.2, 0.25) is 0 Å². The molecule has 2 aromatic heterocycles. The van der Waals surface area contributed by atoms with E-state index in [-0.39, 0.29) is 6.10 Å². The van der Waals surface area contributed by atoms with Crippen LogP contribution in [0.1, 0.15) is 17.9 Å². The Balaban J connectivity index is 1.40. The lowest BCUT2D eigenvalue weighted by molar-refractivity contribution is 0.112. The van der Waals surface area contributed by atoms with Gasteiger partial charge in [-0.1, -0.05) is 40.7 Å². The molecule has 130 valence electrons. The Labute approximate surface area is 145 Å². The van der Waals surface area contributed by atoms with E-state index in [9.17, 15) is 0 Å². The van der Waals surface area contributed by atoms with Gasteiger partial charge in [0.2, 0.25) is 11.7 Å². The van der Waals surface area contributed by atoms with Crippen molar-refractivity contribution in [1.29, 1.82) is 0 Å². The molecule has 8 heteroatoms. The van der Waals surface area contributed by atoms with Gasteiger partial charge in [0.05, 0.1) is 25.5 Å². The summed E-state index contributed by atoms with van der Waals surface area (Å²) < 4.78 is 12.7. The van der Waals surface area contributed by atoms with Crippen LogP contribution in [-0.2, 0) is 17.7 Å². The summed E-state index contributed by atoms with van der Waals surface area (Å²) in [6.45, 7) is 1.89. The number of aromatic nitrogens is 5. The first-order valence-corrected chi connectivity index (χ1v) is 8.39. The topological polar surface area (TPSA) is 105 Å². The van der Waals surface area contributed by atoms with E-state index >= 15 is 0 Å². The fourth-order valence-corrected chi connectivity index (χ4v) is 3.02. The van der Waals surface area contributed by atoms with Crippen molar-refractivity contribution >= 4 is 0 Å². The maximum absolute atomic E-state index is 5.63. The molecule has 25 heavy (non-hydrogen) atoms. The molecule has 0 bridgehead atoms. The molecule has 1 aliphatic rings. The lowest BCUT2D eigenvalue weighted by Gasteiger charge is -2.03. The summed E-state index contributed by atoms with van der Waals surface area (Å²) in [6.07, 6.45) is 3.60. The highest BCUT2D eigenvalue weighted by Crippen LogP contribution is 2.23. The SMILES string of the molecule is NCC1CC(Cc2nc(-c3cn(Cc4ccccc4)nn3)no2)CO1. The van der Waals surface area contributed by atoms with Crippen LogP contribution in [0, 0.1) is 5.92 Å². The van der Waals surface area contributed by atoms with Gasteiger partial charge >= 0.3 is 0 Å². The number of rotatable bonds is 6. The van der Waals surface area contributed by atoms with Gasteiger partial charge in [-0.3, -0.25) is 0 Å². The minimum absolute atomic E-state index is 0.144. The standard InChI is InChI=1S/C17H20N6O2/c18-8-14-6-13(11-24-14)7-16-19-17(21-25-16)15-10-23(22-20-15)9-12-4-2-1-3-5-12/h1-5,10,13-14H,6-9,11,18H2. The maximum Gasteiger partial charge on any atom is 0.227 e.